The zero-order chi connectivity index (χ0) is 21.6. The van der Waals surface area contributed by atoms with E-state index in [-0.39, 0.29) is 11.9 Å². The lowest BCUT2D eigenvalue weighted by Crippen LogP contribution is -2.49. The van der Waals surface area contributed by atoms with Gasteiger partial charge in [-0.05, 0) is 52.6 Å². The number of carbonyl (C=O) groups is 1. The van der Waals surface area contributed by atoms with Crippen LogP contribution in [0.4, 0.5) is 5.69 Å². The molecule has 4 rings (SSSR count). The summed E-state index contributed by atoms with van der Waals surface area (Å²) < 4.78 is 5.46. The summed E-state index contributed by atoms with van der Waals surface area (Å²) in [6, 6.07) is 17.7. The van der Waals surface area contributed by atoms with E-state index in [1.807, 2.05) is 55.5 Å². The van der Waals surface area contributed by atoms with Crippen molar-refractivity contribution in [3.05, 3.63) is 82.0 Å². The Kier molecular flexibility index (Phi) is 7.02. The van der Waals surface area contributed by atoms with E-state index in [1.165, 1.54) is 5.56 Å². The van der Waals surface area contributed by atoms with Crippen molar-refractivity contribution in [2.45, 2.75) is 19.5 Å². The molecule has 1 N–H and O–H groups in total. The summed E-state index contributed by atoms with van der Waals surface area (Å²) in [7, 11) is 1.63. The van der Waals surface area contributed by atoms with Crippen molar-refractivity contribution < 1.29 is 9.53 Å². The number of carbonyl (C=O) groups excluding carboxylic acids is 1. The minimum Gasteiger partial charge on any atom is -0.495 e. The minimum atomic E-state index is -0.338. The van der Waals surface area contributed by atoms with Crippen LogP contribution in [-0.4, -0.2) is 49.0 Å². The maximum atomic E-state index is 13.5. The highest BCUT2D eigenvalue weighted by atomic mass is 32.1. The molecule has 1 aliphatic rings. The molecule has 0 saturated carbocycles. The second kappa shape index (κ2) is 10.1. The van der Waals surface area contributed by atoms with Gasteiger partial charge in [-0.15, -0.1) is 0 Å². The number of hydrogen-bond acceptors (Lipinski definition) is 5. The van der Waals surface area contributed by atoms with E-state index in [2.05, 4.69) is 31.9 Å². The second-order valence-corrected chi connectivity index (χ2v) is 8.73. The van der Waals surface area contributed by atoms with Gasteiger partial charge in [0, 0.05) is 32.7 Å². The number of aryl methyl sites for hydroxylation is 1. The van der Waals surface area contributed by atoms with Gasteiger partial charge >= 0.3 is 0 Å². The summed E-state index contributed by atoms with van der Waals surface area (Å²) in [5, 5.41) is 7.46. The average molecular weight is 436 g/mol. The van der Waals surface area contributed by atoms with Crippen LogP contribution in [0.1, 0.15) is 22.7 Å². The van der Waals surface area contributed by atoms with Gasteiger partial charge in [-0.25, -0.2) is 0 Å². The maximum Gasteiger partial charge on any atom is 0.246 e. The fourth-order valence-electron chi connectivity index (χ4n) is 4.10. The van der Waals surface area contributed by atoms with E-state index in [1.54, 1.807) is 18.4 Å². The molecular formula is C25H29N3O2S. The summed E-state index contributed by atoms with van der Waals surface area (Å²) in [6.45, 7) is 6.57. The number of methoxy groups -OCH3 is 1. The molecule has 5 nitrogen and oxygen atoms in total. The van der Waals surface area contributed by atoms with Crippen molar-refractivity contribution in [3.8, 4) is 5.75 Å². The number of hydrogen-bond donors (Lipinski definition) is 1. The smallest absolute Gasteiger partial charge is 0.246 e. The van der Waals surface area contributed by atoms with Gasteiger partial charge in [-0.1, -0.05) is 36.4 Å². The predicted molar refractivity (Wildman–Crippen MR) is 127 cm³/mol. The molecule has 2 aromatic carbocycles. The number of thiophene rings is 1. The first-order valence-electron chi connectivity index (χ1n) is 10.6. The normalized spacial score (nSPS) is 16.1. The standard InChI is InChI=1S/C25H29N3O2S/c1-19-8-9-23(30-2)22(16-19)26-25(29)24(21-6-4-3-5-7-21)28-13-11-27(12-14-28)17-20-10-15-31-18-20/h3-10,15-16,18,24H,11-14,17H2,1-2H3,(H,26,29)/t24-/m1/s1. The molecule has 1 amide bonds. The number of nitrogens with one attached hydrogen (secondary N) is 1. The van der Waals surface area contributed by atoms with Crippen molar-refractivity contribution in [2.24, 2.45) is 0 Å². The van der Waals surface area contributed by atoms with Gasteiger partial charge in [0.25, 0.3) is 0 Å². The van der Waals surface area contributed by atoms with Crippen LogP contribution >= 0.6 is 11.3 Å². The molecule has 1 aromatic heterocycles. The van der Waals surface area contributed by atoms with E-state index < -0.39 is 0 Å². The molecule has 0 aliphatic carbocycles. The van der Waals surface area contributed by atoms with Crippen LogP contribution in [0, 0.1) is 6.92 Å². The molecule has 1 fully saturated rings. The SMILES string of the molecule is COc1ccc(C)cc1NC(=O)[C@@H](c1ccccc1)N1CCN(Cc2ccsc2)CC1. The molecule has 1 saturated heterocycles. The second-order valence-electron chi connectivity index (χ2n) is 7.95. The van der Waals surface area contributed by atoms with Crippen LogP contribution in [0.2, 0.25) is 0 Å². The van der Waals surface area contributed by atoms with E-state index in [0.29, 0.717) is 11.4 Å². The van der Waals surface area contributed by atoms with Crippen LogP contribution in [0.25, 0.3) is 0 Å². The summed E-state index contributed by atoms with van der Waals surface area (Å²) in [6.07, 6.45) is 0. The lowest BCUT2D eigenvalue weighted by Gasteiger charge is -2.38. The van der Waals surface area contributed by atoms with Crippen LogP contribution in [0.5, 0.6) is 5.75 Å². The number of rotatable bonds is 7. The molecule has 1 atom stereocenters. The summed E-state index contributed by atoms with van der Waals surface area (Å²) in [4.78, 5) is 18.3. The van der Waals surface area contributed by atoms with Gasteiger partial charge < -0.3 is 10.1 Å². The molecular weight excluding hydrogens is 406 g/mol. The van der Waals surface area contributed by atoms with E-state index in [9.17, 15) is 4.79 Å². The van der Waals surface area contributed by atoms with E-state index >= 15 is 0 Å². The van der Waals surface area contributed by atoms with Crippen molar-refractivity contribution in [3.63, 3.8) is 0 Å². The Labute approximate surface area is 188 Å². The van der Waals surface area contributed by atoms with Gasteiger partial charge in [0.1, 0.15) is 11.8 Å². The third-order valence-electron chi connectivity index (χ3n) is 5.73. The summed E-state index contributed by atoms with van der Waals surface area (Å²) >= 11 is 1.74. The van der Waals surface area contributed by atoms with Crippen LogP contribution in [0.3, 0.4) is 0 Å². The molecule has 6 heteroatoms. The third-order valence-corrected chi connectivity index (χ3v) is 6.47. The van der Waals surface area contributed by atoms with Crippen molar-refractivity contribution in [2.75, 3.05) is 38.6 Å². The lowest BCUT2D eigenvalue weighted by atomic mass is 10.0. The largest absolute Gasteiger partial charge is 0.495 e. The van der Waals surface area contributed by atoms with E-state index in [4.69, 9.17) is 4.74 Å². The van der Waals surface area contributed by atoms with Crippen LogP contribution in [-0.2, 0) is 11.3 Å². The summed E-state index contributed by atoms with van der Waals surface area (Å²) in [5.74, 6) is 0.646. The Balaban J connectivity index is 1.50. The number of piperazine rings is 1. The average Bonchev–Trinajstić information content (AvgIpc) is 3.29. The molecule has 0 unspecified atom stereocenters. The van der Waals surface area contributed by atoms with Crippen molar-refractivity contribution >= 4 is 22.9 Å². The monoisotopic (exact) mass is 435 g/mol. The van der Waals surface area contributed by atoms with Crippen molar-refractivity contribution in [1.29, 1.82) is 0 Å². The first-order valence-corrected chi connectivity index (χ1v) is 11.6. The highest BCUT2D eigenvalue weighted by molar-refractivity contribution is 7.07. The number of benzene rings is 2. The van der Waals surface area contributed by atoms with Crippen LogP contribution in [0.15, 0.2) is 65.4 Å². The van der Waals surface area contributed by atoms with Gasteiger partial charge in [-0.3, -0.25) is 14.6 Å². The maximum absolute atomic E-state index is 13.5. The van der Waals surface area contributed by atoms with Gasteiger partial charge in [0.2, 0.25) is 5.91 Å². The zero-order valence-corrected chi connectivity index (χ0v) is 18.9. The fourth-order valence-corrected chi connectivity index (χ4v) is 4.76. The Hall–Kier alpha value is -2.67. The third kappa shape index (κ3) is 5.34. The fraction of sp³-hybridized carbons (Fsp3) is 0.320. The highest BCUT2D eigenvalue weighted by Crippen LogP contribution is 2.29. The molecule has 162 valence electrons. The van der Waals surface area contributed by atoms with Gasteiger partial charge in [-0.2, -0.15) is 11.3 Å². The minimum absolute atomic E-state index is 0.0265. The number of anilines is 1. The molecule has 3 aromatic rings. The van der Waals surface area contributed by atoms with Gasteiger partial charge in [0.15, 0.2) is 0 Å². The number of amides is 1. The molecule has 1 aliphatic heterocycles. The first-order chi connectivity index (χ1) is 15.1. The zero-order valence-electron chi connectivity index (χ0n) is 18.1. The molecule has 2 heterocycles. The Bertz CT molecular complexity index is 983. The summed E-state index contributed by atoms with van der Waals surface area (Å²) in [5.41, 5.74) is 4.17. The predicted octanol–water partition coefficient (Wildman–Crippen LogP) is 4.56. The van der Waals surface area contributed by atoms with Crippen LogP contribution < -0.4 is 10.1 Å². The number of nitrogens with zero attached hydrogens (tertiary/aromatic N) is 2. The Morgan fingerprint density at radius 1 is 1.10 bits per heavy atom. The number of ether oxygens (including phenoxy) is 1. The van der Waals surface area contributed by atoms with Crippen molar-refractivity contribution in [1.82, 2.24) is 9.80 Å². The van der Waals surface area contributed by atoms with Gasteiger partial charge in [0.05, 0.1) is 12.8 Å². The highest BCUT2D eigenvalue weighted by Gasteiger charge is 2.31. The molecule has 0 spiro atoms. The molecule has 31 heavy (non-hydrogen) atoms. The quantitative estimate of drug-likeness (QED) is 0.591. The molecule has 0 bridgehead atoms. The molecule has 0 radical (unpaired) electrons. The Morgan fingerprint density at radius 3 is 2.55 bits per heavy atom. The Morgan fingerprint density at radius 2 is 1.87 bits per heavy atom. The topological polar surface area (TPSA) is 44.8 Å². The van der Waals surface area contributed by atoms with E-state index in [0.717, 1.165) is 43.9 Å². The lowest BCUT2D eigenvalue weighted by molar-refractivity contribution is -0.122. The first kappa shape index (κ1) is 21.6.